The van der Waals surface area contributed by atoms with E-state index < -0.39 is 20.0 Å². The van der Waals surface area contributed by atoms with Gasteiger partial charge < -0.3 is 19.4 Å². The lowest BCUT2D eigenvalue weighted by atomic mass is 10.0. The monoisotopic (exact) mass is 1160 g/mol. The summed E-state index contributed by atoms with van der Waals surface area (Å²) in [7, 11) is 1.48. The number of carbonyl (C=O) groups is 2. The smallest absolute Gasteiger partial charge is 0.456 e. The van der Waals surface area contributed by atoms with Crippen molar-refractivity contribution in [2.45, 2.75) is 328 Å². The van der Waals surface area contributed by atoms with E-state index in [9.17, 15) is 19.0 Å². The molecular weight excluding hydrogens is 1020 g/mol. The normalized spacial score (nSPS) is 14.0. The van der Waals surface area contributed by atoms with E-state index in [1.165, 1.54) is 193 Å². The Labute approximate surface area is 502 Å². The van der Waals surface area contributed by atoms with Gasteiger partial charge in [0.1, 0.15) is 19.3 Å². The number of phosphoric acid groups is 1. The number of esters is 1. The molecular formula is C71H132N2O7P+. The van der Waals surface area contributed by atoms with Crippen molar-refractivity contribution in [1.29, 1.82) is 0 Å². The second kappa shape index (κ2) is 60.6. The highest BCUT2D eigenvalue weighted by atomic mass is 31.2. The van der Waals surface area contributed by atoms with E-state index in [1.807, 2.05) is 33.3 Å². The lowest BCUT2D eigenvalue weighted by Gasteiger charge is -2.27. The minimum absolute atomic E-state index is 0.0345. The average Bonchev–Trinajstić information content (AvgIpc) is 3.44. The fourth-order valence-corrected chi connectivity index (χ4v) is 10.5. The summed E-state index contributed by atoms with van der Waals surface area (Å²) in [6.07, 6.45) is 79.1. The van der Waals surface area contributed by atoms with Crippen LogP contribution in [0.15, 0.2) is 72.9 Å². The van der Waals surface area contributed by atoms with Crippen LogP contribution in [-0.2, 0) is 27.9 Å². The molecule has 0 spiro atoms. The molecule has 10 heteroatoms. The van der Waals surface area contributed by atoms with Crippen molar-refractivity contribution < 1.29 is 37.3 Å². The number of unbranched alkanes of at least 4 members (excludes halogenated alkanes) is 36. The Kier molecular flexibility index (Phi) is 58.7. The fraction of sp³-hybridized carbons (Fsp3) is 0.803. The number of nitrogens with zero attached hydrogens (tertiary/aromatic N) is 1. The molecule has 3 atom stereocenters. The zero-order valence-corrected chi connectivity index (χ0v) is 54.9. The van der Waals surface area contributed by atoms with E-state index in [4.69, 9.17) is 13.8 Å². The number of hydrogen-bond donors (Lipinski definition) is 2. The van der Waals surface area contributed by atoms with E-state index in [-0.39, 0.29) is 31.5 Å². The van der Waals surface area contributed by atoms with Crippen LogP contribution in [-0.4, -0.2) is 74.3 Å². The van der Waals surface area contributed by atoms with Gasteiger partial charge in [0.15, 0.2) is 0 Å². The quantitative estimate of drug-likeness (QED) is 0.0205. The predicted octanol–water partition coefficient (Wildman–Crippen LogP) is 21.6. The summed E-state index contributed by atoms with van der Waals surface area (Å²) in [6, 6.07) is -0.862. The predicted molar refractivity (Wildman–Crippen MR) is 351 cm³/mol. The van der Waals surface area contributed by atoms with Crippen molar-refractivity contribution in [2.75, 3.05) is 40.9 Å². The third kappa shape index (κ3) is 61.8. The molecule has 81 heavy (non-hydrogen) atoms. The van der Waals surface area contributed by atoms with E-state index in [0.29, 0.717) is 17.4 Å². The van der Waals surface area contributed by atoms with Gasteiger partial charge in [-0.15, -0.1) is 0 Å². The molecule has 0 saturated heterocycles. The maximum atomic E-state index is 13.6. The number of likely N-dealkylation sites (N-methyl/N-ethyl adjacent to an activating group) is 1. The molecule has 0 fully saturated rings. The van der Waals surface area contributed by atoms with Crippen molar-refractivity contribution >= 4 is 19.7 Å². The van der Waals surface area contributed by atoms with E-state index in [2.05, 4.69) is 86.8 Å². The van der Waals surface area contributed by atoms with Gasteiger partial charge in [-0.05, 0) is 102 Å². The first-order valence-corrected chi connectivity index (χ1v) is 35.8. The van der Waals surface area contributed by atoms with E-state index >= 15 is 0 Å². The molecule has 1 amide bonds. The van der Waals surface area contributed by atoms with Gasteiger partial charge in [0.2, 0.25) is 5.91 Å². The van der Waals surface area contributed by atoms with Crippen LogP contribution in [0.3, 0.4) is 0 Å². The van der Waals surface area contributed by atoms with Gasteiger partial charge in [-0.2, -0.15) is 0 Å². The Morgan fingerprint density at radius 3 is 1.15 bits per heavy atom. The molecule has 0 rings (SSSR count). The SMILES string of the molecule is CCCCC/C=C\C/C=C\C/C=C\CCCCCCC(=O)NC(COP(=O)(O)OCC[N+](C)(C)C)C(/C=C\CCCCCCCCCCCCC)OC(=O)CCCCCCCCCCCCCCCCC/C=C\C/C=C\CCCCC. The molecule has 0 bridgehead atoms. The summed E-state index contributed by atoms with van der Waals surface area (Å²) < 4.78 is 30.8. The average molecular weight is 1160 g/mol. The number of carbonyl (C=O) groups excluding carboxylic acids is 2. The van der Waals surface area contributed by atoms with Crippen LogP contribution in [0.1, 0.15) is 316 Å². The molecule has 0 heterocycles. The van der Waals surface area contributed by atoms with Crippen LogP contribution in [0.2, 0.25) is 0 Å². The summed E-state index contributed by atoms with van der Waals surface area (Å²) >= 11 is 0. The number of amides is 1. The Balaban J connectivity index is 5.14. The highest BCUT2D eigenvalue weighted by Gasteiger charge is 2.30. The highest BCUT2D eigenvalue weighted by Crippen LogP contribution is 2.43. The molecule has 0 radical (unpaired) electrons. The second-order valence-corrected chi connectivity index (χ2v) is 25.8. The van der Waals surface area contributed by atoms with Crippen LogP contribution in [0.4, 0.5) is 0 Å². The third-order valence-electron chi connectivity index (χ3n) is 15.1. The van der Waals surface area contributed by atoms with Gasteiger partial charge in [0, 0.05) is 12.8 Å². The molecule has 0 aliphatic heterocycles. The minimum Gasteiger partial charge on any atom is -0.456 e. The van der Waals surface area contributed by atoms with Gasteiger partial charge in [0.05, 0.1) is 33.8 Å². The molecule has 2 N–H and O–H groups in total. The topological polar surface area (TPSA) is 111 Å². The molecule has 0 saturated carbocycles. The largest absolute Gasteiger partial charge is 0.472 e. The van der Waals surface area contributed by atoms with Gasteiger partial charge in [-0.25, -0.2) is 4.57 Å². The van der Waals surface area contributed by atoms with E-state index in [1.54, 1.807) is 0 Å². The Morgan fingerprint density at radius 2 is 0.753 bits per heavy atom. The number of nitrogens with one attached hydrogen (secondary N) is 1. The Bertz CT molecular complexity index is 1620. The lowest BCUT2D eigenvalue weighted by molar-refractivity contribution is -0.870. The van der Waals surface area contributed by atoms with Crippen LogP contribution >= 0.6 is 7.82 Å². The van der Waals surface area contributed by atoms with Gasteiger partial charge in [0.25, 0.3) is 0 Å². The number of rotatable bonds is 62. The Morgan fingerprint density at radius 1 is 0.432 bits per heavy atom. The van der Waals surface area contributed by atoms with E-state index in [0.717, 1.165) is 89.9 Å². The maximum absolute atomic E-state index is 13.6. The number of ether oxygens (including phenoxy) is 1. The number of phosphoric ester groups is 1. The summed E-state index contributed by atoms with van der Waals surface area (Å²) in [5, 5.41) is 3.05. The molecule has 0 aromatic carbocycles. The van der Waals surface area contributed by atoms with Gasteiger partial charge in [-0.3, -0.25) is 18.6 Å². The maximum Gasteiger partial charge on any atom is 0.472 e. The number of quaternary nitrogens is 1. The molecule has 0 aromatic heterocycles. The molecule has 0 aliphatic carbocycles. The molecule has 0 aromatic rings. The van der Waals surface area contributed by atoms with Crippen LogP contribution in [0.5, 0.6) is 0 Å². The van der Waals surface area contributed by atoms with Crippen molar-refractivity contribution in [3.05, 3.63) is 72.9 Å². The molecule has 0 aliphatic rings. The zero-order valence-electron chi connectivity index (χ0n) is 54.0. The van der Waals surface area contributed by atoms with Crippen molar-refractivity contribution in [2.24, 2.45) is 0 Å². The molecule has 9 nitrogen and oxygen atoms in total. The minimum atomic E-state index is -4.46. The lowest BCUT2D eigenvalue weighted by Crippen LogP contribution is -2.47. The number of allylic oxidation sites excluding steroid dienone is 11. The summed E-state index contributed by atoms with van der Waals surface area (Å²) in [4.78, 5) is 37.8. The summed E-state index contributed by atoms with van der Waals surface area (Å²) in [5.41, 5.74) is 0. The summed E-state index contributed by atoms with van der Waals surface area (Å²) in [6.45, 7) is 6.97. The van der Waals surface area contributed by atoms with Crippen LogP contribution in [0.25, 0.3) is 0 Å². The van der Waals surface area contributed by atoms with Crippen molar-refractivity contribution in [1.82, 2.24) is 5.32 Å². The second-order valence-electron chi connectivity index (χ2n) is 24.3. The fourth-order valence-electron chi connectivity index (χ4n) is 9.80. The first-order valence-electron chi connectivity index (χ1n) is 34.3. The third-order valence-corrected chi connectivity index (χ3v) is 16.1. The van der Waals surface area contributed by atoms with Crippen LogP contribution in [0, 0.1) is 0 Å². The number of hydrogen-bond acceptors (Lipinski definition) is 6. The molecule has 3 unspecified atom stereocenters. The first kappa shape index (κ1) is 78.5. The van der Waals surface area contributed by atoms with Gasteiger partial charge in [-0.1, -0.05) is 274 Å². The standard InChI is InChI=1S/C71H131N2O7P/c1-7-10-13-16-19-22-25-28-30-32-33-34-35-36-37-38-39-41-43-46-49-52-55-58-61-64-71(75)80-69(62-59-56-53-50-47-44-27-24-21-18-15-12-9-3)68(67-79-81(76,77)78-66-65-73(4,5)6)72-70(74)63-60-57-54-51-48-45-42-40-31-29-26-23-20-17-14-11-8-2/h19-20,22-23,28-31,42,45,59,62,68-69H,7-18,21,24-27,32-41,43-44,46-58,60-61,63-67H2,1-6H3,(H-,72,74,76,77)/p+1/b22-19-,23-20-,30-28-,31-29-,45-42-,62-59-. The van der Waals surface area contributed by atoms with Crippen LogP contribution < -0.4 is 5.32 Å². The van der Waals surface area contributed by atoms with Gasteiger partial charge >= 0.3 is 13.8 Å². The highest BCUT2D eigenvalue weighted by molar-refractivity contribution is 7.47. The molecule has 472 valence electrons. The summed E-state index contributed by atoms with van der Waals surface area (Å²) in [5.74, 6) is -0.522. The zero-order chi connectivity index (χ0) is 59.3. The first-order chi connectivity index (χ1) is 39.4. The van der Waals surface area contributed by atoms with Crippen molar-refractivity contribution in [3.63, 3.8) is 0 Å². The Hall–Kier alpha value is -2.55. The van der Waals surface area contributed by atoms with Crippen molar-refractivity contribution in [3.8, 4) is 0 Å².